The maximum atomic E-state index is 11.8. The highest BCUT2D eigenvalue weighted by Crippen LogP contribution is 2.06. The molecule has 1 aromatic heterocycles. The summed E-state index contributed by atoms with van der Waals surface area (Å²) < 4.78 is 31.2. The van der Waals surface area contributed by atoms with E-state index in [2.05, 4.69) is 9.71 Å². The zero-order valence-electron chi connectivity index (χ0n) is 10.3. The van der Waals surface area contributed by atoms with E-state index in [1.165, 1.54) is 12.1 Å². The van der Waals surface area contributed by atoms with Gasteiger partial charge in [-0.15, -0.1) is 0 Å². The van der Waals surface area contributed by atoms with Crippen LogP contribution in [0, 0.1) is 11.3 Å². The van der Waals surface area contributed by atoms with E-state index in [4.69, 9.17) is 10.00 Å². The molecule has 6 nitrogen and oxygen atoms in total. The van der Waals surface area contributed by atoms with Gasteiger partial charge < -0.3 is 4.74 Å². The minimum absolute atomic E-state index is 0.0334. The Morgan fingerprint density at radius 3 is 2.72 bits per heavy atom. The summed E-state index contributed by atoms with van der Waals surface area (Å²) >= 11 is 0. The second-order valence-electron chi connectivity index (χ2n) is 3.81. The van der Waals surface area contributed by atoms with E-state index in [-0.39, 0.29) is 23.2 Å². The first-order chi connectivity index (χ1) is 8.45. The molecule has 0 atom stereocenters. The van der Waals surface area contributed by atoms with Crippen molar-refractivity contribution in [2.75, 3.05) is 13.2 Å². The van der Waals surface area contributed by atoms with E-state index in [0.717, 1.165) is 6.20 Å². The number of rotatable bonds is 6. The third-order valence-corrected chi connectivity index (χ3v) is 3.45. The molecule has 0 aliphatic heterocycles. The molecule has 1 N–H and O–H groups in total. The first-order valence-corrected chi connectivity index (χ1v) is 6.91. The summed E-state index contributed by atoms with van der Waals surface area (Å²) in [6, 6.07) is 4.53. The van der Waals surface area contributed by atoms with Crippen LogP contribution in [0.5, 0.6) is 0 Å². The molecule has 18 heavy (non-hydrogen) atoms. The topological polar surface area (TPSA) is 92.1 Å². The molecule has 0 spiro atoms. The zero-order valence-corrected chi connectivity index (χ0v) is 11.1. The van der Waals surface area contributed by atoms with Crippen LogP contribution in [-0.4, -0.2) is 32.7 Å². The number of nitriles is 1. The van der Waals surface area contributed by atoms with Crippen molar-refractivity contribution in [3.63, 3.8) is 0 Å². The van der Waals surface area contributed by atoms with Crippen molar-refractivity contribution in [2.24, 2.45) is 0 Å². The molecule has 0 fully saturated rings. The molecular weight excluding hydrogens is 254 g/mol. The van der Waals surface area contributed by atoms with Gasteiger partial charge in [0, 0.05) is 12.7 Å². The van der Waals surface area contributed by atoms with Gasteiger partial charge in [-0.3, -0.25) is 0 Å². The number of hydrogen-bond acceptors (Lipinski definition) is 5. The molecule has 98 valence electrons. The quantitative estimate of drug-likeness (QED) is 0.766. The molecule has 0 unspecified atom stereocenters. The van der Waals surface area contributed by atoms with Gasteiger partial charge in [-0.05, 0) is 26.0 Å². The molecule has 0 aromatic carbocycles. The lowest BCUT2D eigenvalue weighted by Gasteiger charge is -2.09. The zero-order chi connectivity index (χ0) is 13.6. The van der Waals surface area contributed by atoms with Crippen molar-refractivity contribution in [3.8, 4) is 6.07 Å². The molecule has 0 saturated heterocycles. The lowest BCUT2D eigenvalue weighted by Crippen LogP contribution is -2.28. The molecule has 0 aliphatic rings. The fourth-order valence-electron chi connectivity index (χ4n) is 1.16. The van der Waals surface area contributed by atoms with Crippen LogP contribution in [0.2, 0.25) is 0 Å². The van der Waals surface area contributed by atoms with Gasteiger partial charge in [0.25, 0.3) is 0 Å². The molecule has 0 bridgehead atoms. The Balaban J connectivity index is 2.60. The first kappa shape index (κ1) is 14.6. The number of ether oxygens (including phenoxy) is 1. The molecule has 1 rings (SSSR count). The standard InChI is InChI=1S/C11H15N3O3S/c1-9(2)17-6-5-14-18(15,16)11-4-3-10(7-12)13-8-11/h3-4,8-9,14H,5-6H2,1-2H3. The van der Waals surface area contributed by atoms with E-state index >= 15 is 0 Å². The van der Waals surface area contributed by atoms with Crippen LogP contribution in [0.15, 0.2) is 23.2 Å². The van der Waals surface area contributed by atoms with Gasteiger partial charge in [0.2, 0.25) is 10.0 Å². The number of aromatic nitrogens is 1. The van der Waals surface area contributed by atoms with Crippen LogP contribution in [0.4, 0.5) is 0 Å². The Hall–Kier alpha value is -1.49. The molecule has 1 aromatic rings. The van der Waals surface area contributed by atoms with Crippen LogP contribution >= 0.6 is 0 Å². The highest BCUT2D eigenvalue weighted by atomic mass is 32.2. The largest absolute Gasteiger partial charge is 0.377 e. The van der Waals surface area contributed by atoms with Crippen molar-refractivity contribution < 1.29 is 13.2 Å². The van der Waals surface area contributed by atoms with Gasteiger partial charge in [0.05, 0.1) is 12.7 Å². The summed E-state index contributed by atoms with van der Waals surface area (Å²) in [5.74, 6) is 0. The van der Waals surface area contributed by atoms with Gasteiger partial charge in [0.15, 0.2) is 0 Å². The molecular formula is C11H15N3O3S. The molecule has 0 saturated carbocycles. The average Bonchev–Trinajstić information content (AvgIpc) is 2.34. The van der Waals surface area contributed by atoms with Crippen LogP contribution in [0.25, 0.3) is 0 Å². The van der Waals surface area contributed by atoms with Crippen LogP contribution < -0.4 is 4.72 Å². The van der Waals surface area contributed by atoms with Crippen molar-refractivity contribution in [2.45, 2.75) is 24.8 Å². The minimum atomic E-state index is -3.59. The maximum absolute atomic E-state index is 11.8. The Morgan fingerprint density at radius 2 is 2.22 bits per heavy atom. The SMILES string of the molecule is CC(C)OCCNS(=O)(=O)c1ccc(C#N)nc1. The second kappa shape index (κ2) is 6.44. The van der Waals surface area contributed by atoms with Crippen molar-refractivity contribution in [1.29, 1.82) is 5.26 Å². The smallest absolute Gasteiger partial charge is 0.242 e. The number of sulfonamides is 1. The summed E-state index contributed by atoms with van der Waals surface area (Å²) in [6.45, 7) is 4.25. The summed E-state index contributed by atoms with van der Waals surface area (Å²) in [5.41, 5.74) is 0.178. The third-order valence-electron chi connectivity index (χ3n) is 2.01. The molecule has 0 aliphatic carbocycles. The van der Waals surface area contributed by atoms with Gasteiger partial charge in [-0.1, -0.05) is 0 Å². The number of nitrogens with zero attached hydrogens (tertiary/aromatic N) is 2. The normalized spacial score (nSPS) is 11.4. The van der Waals surface area contributed by atoms with E-state index in [0.29, 0.717) is 6.61 Å². The summed E-state index contributed by atoms with van der Waals surface area (Å²) in [4.78, 5) is 3.74. The number of nitrogens with one attached hydrogen (secondary N) is 1. The van der Waals surface area contributed by atoms with Crippen LogP contribution in [-0.2, 0) is 14.8 Å². The van der Waals surface area contributed by atoms with Crippen molar-refractivity contribution in [1.82, 2.24) is 9.71 Å². The van der Waals surface area contributed by atoms with Crippen LogP contribution in [0.3, 0.4) is 0 Å². The Labute approximate surface area is 107 Å². The van der Waals surface area contributed by atoms with Crippen LogP contribution in [0.1, 0.15) is 19.5 Å². The summed E-state index contributed by atoms with van der Waals surface area (Å²) in [7, 11) is -3.59. The Bertz CT molecular complexity index is 517. The lowest BCUT2D eigenvalue weighted by molar-refractivity contribution is 0.0834. The lowest BCUT2D eigenvalue weighted by atomic mass is 10.4. The monoisotopic (exact) mass is 269 g/mol. The predicted molar refractivity (Wildman–Crippen MR) is 65.2 cm³/mol. The Kier molecular flexibility index (Phi) is 5.22. The van der Waals surface area contributed by atoms with E-state index in [1.807, 2.05) is 19.9 Å². The van der Waals surface area contributed by atoms with E-state index < -0.39 is 10.0 Å². The molecule has 1 heterocycles. The fourth-order valence-corrected chi connectivity index (χ4v) is 2.12. The maximum Gasteiger partial charge on any atom is 0.242 e. The average molecular weight is 269 g/mol. The Morgan fingerprint density at radius 1 is 1.50 bits per heavy atom. The second-order valence-corrected chi connectivity index (χ2v) is 5.58. The highest BCUT2D eigenvalue weighted by Gasteiger charge is 2.13. The fraction of sp³-hybridized carbons (Fsp3) is 0.455. The number of hydrogen-bond donors (Lipinski definition) is 1. The van der Waals surface area contributed by atoms with Crippen molar-refractivity contribution >= 4 is 10.0 Å². The highest BCUT2D eigenvalue weighted by molar-refractivity contribution is 7.89. The molecule has 0 amide bonds. The number of pyridine rings is 1. The van der Waals surface area contributed by atoms with Gasteiger partial charge >= 0.3 is 0 Å². The first-order valence-electron chi connectivity index (χ1n) is 5.43. The predicted octanol–water partition coefficient (Wildman–Crippen LogP) is 0.657. The van der Waals surface area contributed by atoms with Gasteiger partial charge in [0.1, 0.15) is 16.7 Å². The van der Waals surface area contributed by atoms with E-state index in [1.54, 1.807) is 0 Å². The third kappa shape index (κ3) is 4.41. The van der Waals surface area contributed by atoms with Gasteiger partial charge in [-0.2, -0.15) is 5.26 Å². The summed E-state index contributed by atoms with van der Waals surface area (Å²) in [6.07, 6.45) is 1.22. The summed E-state index contributed by atoms with van der Waals surface area (Å²) in [5, 5.41) is 8.56. The minimum Gasteiger partial charge on any atom is -0.377 e. The van der Waals surface area contributed by atoms with Gasteiger partial charge in [-0.25, -0.2) is 18.1 Å². The molecule has 0 radical (unpaired) electrons. The molecule has 7 heteroatoms. The van der Waals surface area contributed by atoms with E-state index in [9.17, 15) is 8.42 Å². The van der Waals surface area contributed by atoms with Crippen molar-refractivity contribution in [3.05, 3.63) is 24.0 Å².